The molecule has 1 saturated carbocycles. The van der Waals surface area contributed by atoms with Gasteiger partial charge in [-0.1, -0.05) is 5.21 Å². The number of aryl methyl sites for hydroxylation is 1. The van der Waals surface area contributed by atoms with E-state index in [0.717, 1.165) is 68.0 Å². The van der Waals surface area contributed by atoms with Gasteiger partial charge in [-0.05, 0) is 37.5 Å². The van der Waals surface area contributed by atoms with Crippen LogP contribution in [0, 0.1) is 0 Å². The molecule has 2 aromatic heterocycles. The van der Waals surface area contributed by atoms with Crippen LogP contribution in [0.15, 0.2) is 30.7 Å². The third-order valence-electron chi connectivity index (χ3n) is 5.84. The normalized spacial score (nSPS) is 18.4. The van der Waals surface area contributed by atoms with Crippen molar-refractivity contribution in [1.29, 1.82) is 0 Å². The fraction of sp³-hybridized carbons (Fsp3) is 0.500. The highest BCUT2D eigenvalue weighted by Gasteiger charge is 2.22. The lowest BCUT2D eigenvalue weighted by atomic mass is 9.96. The Kier molecular flexibility index (Phi) is 4.56. The van der Waals surface area contributed by atoms with E-state index in [1.807, 2.05) is 17.9 Å². The van der Waals surface area contributed by atoms with E-state index < -0.39 is 0 Å². The van der Waals surface area contributed by atoms with Gasteiger partial charge in [0, 0.05) is 45.5 Å². The monoisotopic (exact) mass is 379 g/mol. The summed E-state index contributed by atoms with van der Waals surface area (Å²) in [6, 6.07) is 6.42. The summed E-state index contributed by atoms with van der Waals surface area (Å²) in [5, 5.41) is 9.00. The number of ether oxygens (including phenoxy) is 1. The van der Waals surface area contributed by atoms with E-state index in [-0.39, 0.29) is 0 Å². The second-order valence-corrected chi connectivity index (χ2v) is 7.66. The van der Waals surface area contributed by atoms with Crippen molar-refractivity contribution < 1.29 is 4.74 Å². The number of piperazine rings is 1. The molecule has 3 aromatic rings. The Balaban J connectivity index is 1.29. The van der Waals surface area contributed by atoms with Crippen molar-refractivity contribution in [3.63, 3.8) is 0 Å². The molecule has 0 unspecified atom stereocenters. The average Bonchev–Trinajstić information content (AvgIpc) is 3.09. The Morgan fingerprint density at radius 1 is 1.11 bits per heavy atom. The van der Waals surface area contributed by atoms with E-state index in [1.165, 1.54) is 12.1 Å². The van der Waals surface area contributed by atoms with Gasteiger partial charge in [0.1, 0.15) is 12.4 Å². The molecule has 5 rings (SSSR count). The molecule has 0 bridgehead atoms. The van der Waals surface area contributed by atoms with Gasteiger partial charge in [0.05, 0.1) is 22.8 Å². The van der Waals surface area contributed by atoms with Gasteiger partial charge in [-0.25, -0.2) is 9.97 Å². The number of hydrogen-bond donors (Lipinski definition) is 0. The van der Waals surface area contributed by atoms with E-state index in [9.17, 15) is 0 Å². The fourth-order valence-corrected chi connectivity index (χ4v) is 3.81. The van der Waals surface area contributed by atoms with Crippen LogP contribution in [0.3, 0.4) is 0 Å². The second-order valence-electron chi connectivity index (χ2n) is 7.66. The van der Waals surface area contributed by atoms with Crippen molar-refractivity contribution >= 4 is 16.6 Å². The van der Waals surface area contributed by atoms with Crippen LogP contribution in [0.5, 0.6) is 5.88 Å². The van der Waals surface area contributed by atoms with E-state index in [0.29, 0.717) is 6.10 Å². The lowest BCUT2D eigenvalue weighted by molar-refractivity contribution is 0.116. The Labute approximate surface area is 164 Å². The number of fused-ring (bicyclic) bond motifs is 1. The van der Waals surface area contributed by atoms with E-state index >= 15 is 0 Å². The van der Waals surface area contributed by atoms with Gasteiger partial charge in [-0.3, -0.25) is 9.58 Å². The summed E-state index contributed by atoms with van der Waals surface area (Å²) in [6.07, 6.45) is 7.25. The zero-order valence-electron chi connectivity index (χ0n) is 16.2. The van der Waals surface area contributed by atoms with Crippen LogP contribution in [0.1, 0.15) is 25.0 Å². The number of nitrogens with zero attached hydrogens (tertiary/aromatic N) is 7. The Hall–Kier alpha value is -2.74. The Morgan fingerprint density at radius 3 is 2.68 bits per heavy atom. The third-order valence-corrected chi connectivity index (χ3v) is 5.84. The van der Waals surface area contributed by atoms with Gasteiger partial charge in [0.15, 0.2) is 0 Å². The van der Waals surface area contributed by atoms with Crippen LogP contribution in [-0.2, 0) is 13.6 Å². The maximum absolute atomic E-state index is 6.10. The van der Waals surface area contributed by atoms with Crippen molar-refractivity contribution in [3.05, 3.63) is 36.4 Å². The highest BCUT2D eigenvalue weighted by molar-refractivity contribution is 5.86. The van der Waals surface area contributed by atoms with Crippen LogP contribution in [0.4, 0.5) is 5.69 Å². The summed E-state index contributed by atoms with van der Waals surface area (Å²) in [7, 11) is 1.94. The molecule has 0 N–H and O–H groups in total. The third kappa shape index (κ3) is 3.40. The molecule has 2 fully saturated rings. The van der Waals surface area contributed by atoms with Gasteiger partial charge in [-0.2, -0.15) is 0 Å². The lowest BCUT2D eigenvalue weighted by Gasteiger charge is -2.36. The van der Waals surface area contributed by atoms with Crippen molar-refractivity contribution in [2.24, 2.45) is 7.05 Å². The van der Waals surface area contributed by atoms with Gasteiger partial charge < -0.3 is 9.64 Å². The lowest BCUT2D eigenvalue weighted by Crippen LogP contribution is -2.46. The predicted molar refractivity (Wildman–Crippen MR) is 106 cm³/mol. The molecule has 0 amide bonds. The van der Waals surface area contributed by atoms with Crippen LogP contribution < -0.4 is 9.64 Å². The molecule has 1 saturated heterocycles. The van der Waals surface area contributed by atoms with E-state index in [4.69, 9.17) is 4.74 Å². The standard InChI is InChI=1S/C20H25N7O/c1-25-16(12-23-24-25)13-26-7-9-27(10-8-26)15-5-6-19-18(11-15)20(22-14-21-19)28-17-3-2-4-17/h5-6,11-12,14,17H,2-4,7-10,13H2,1H3. The van der Waals surface area contributed by atoms with E-state index in [2.05, 4.69) is 48.3 Å². The molecule has 2 aliphatic rings. The van der Waals surface area contributed by atoms with Crippen LogP contribution in [0.25, 0.3) is 10.9 Å². The minimum Gasteiger partial charge on any atom is -0.474 e. The Morgan fingerprint density at radius 2 is 1.96 bits per heavy atom. The molecule has 0 atom stereocenters. The van der Waals surface area contributed by atoms with Gasteiger partial charge in [0.25, 0.3) is 0 Å². The molecule has 1 aliphatic carbocycles. The predicted octanol–water partition coefficient (Wildman–Crippen LogP) is 2.01. The fourth-order valence-electron chi connectivity index (χ4n) is 3.81. The first-order chi connectivity index (χ1) is 13.8. The minimum atomic E-state index is 0.312. The van der Waals surface area contributed by atoms with E-state index in [1.54, 1.807) is 6.33 Å². The van der Waals surface area contributed by atoms with Crippen LogP contribution in [0.2, 0.25) is 0 Å². The molecule has 0 spiro atoms. The molecule has 28 heavy (non-hydrogen) atoms. The molecular formula is C20H25N7O. The summed E-state index contributed by atoms with van der Waals surface area (Å²) >= 11 is 0. The Bertz CT molecular complexity index is 960. The molecular weight excluding hydrogens is 354 g/mol. The summed E-state index contributed by atoms with van der Waals surface area (Å²) in [4.78, 5) is 13.7. The van der Waals surface area contributed by atoms with Crippen molar-refractivity contribution in [3.8, 4) is 5.88 Å². The maximum atomic E-state index is 6.10. The summed E-state index contributed by atoms with van der Waals surface area (Å²) in [5.74, 6) is 0.721. The zero-order chi connectivity index (χ0) is 18.9. The first-order valence-electron chi connectivity index (χ1n) is 9.98. The molecule has 3 heterocycles. The highest BCUT2D eigenvalue weighted by Crippen LogP contribution is 2.31. The molecule has 146 valence electrons. The molecule has 1 aromatic carbocycles. The topological polar surface area (TPSA) is 72.2 Å². The first-order valence-corrected chi connectivity index (χ1v) is 9.98. The second kappa shape index (κ2) is 7.35. The average molecular weight is 379 g/mol. The quantitative estimate of drug-likeness (QED) is 0.671. The minimum absolute atomic E-state index is 0.312. The van der Waals surface area contributed by atoms with Crippen molar-refractivity contribution in [2.45, 2.75) is 31.9 Å². The van der Waals surface area contributed by atoms with Crippen molar-refractivity contribution in [1.82, 2.24) is 29.9 Å². The maximum Gasteiger partial charge on any atom is 0.224 e. The summed E-state index contributed by atoms with van der Waals surface area (Å²) in [5.41, 5.74) is 3.30. The number of rotatable bonds is 5. The summed E-state index contributed by atoms with van der Waals surface area (Å²) in [6.45, 7) is 4.90. The number of aromatic nitrogens is 5. The smallest absolute Gasteiger partial charge is 0.224 e. The number of anilines is 1. The van der Waals surface area contributed by atoms with Crippen molar-refractivity contribution in [2.75, 3.05) is 31.1 Å². The molecule has 8 heteroatoms. The molecule has 8 nitrogen and oxygen atoms in total. The van der Waals surface area contributed by atoms with Gasteiger partial charge >= 0.3 is 0 Å². The summed E-state index contributed by atoms with van der Waals surface area (Å²) < 4.78 is 7.95. The largest absolute Gasteiger partial charge is 0.474 e. The van der Waals surface area contributed by atoms with Gasteiger partial charge in [-0.15, -0.1) is 5.10 Å². The van der Waals surface area contributed by atoms with Crippen LogP contribution >= 0.6 is 0 Å². The number of benzene rings is 1. The number of hydrogen-bond acceptors (Lipinski definition) is 7. The zero-order valence-corrected chi connectivity index (χ0v) is 16.2. The first kappa shape index (κ1) is 17.4. The van der Waals surface area contributed by atoms with Crippen LogP contribution in [-0.4, -0.2) is 62.1 Å². The van der Waals surface area contributed by atoms with Gasteiger partial charge in [0.2, 0.25) is 5.88 Å². The SMILES string of the molecule is Cn1nncc1CN1CCN(c2ccc3ncnc(OC4CCC4)c3c2)CC1. The highest BCUT2D eigenvalue weighted by atomic mass is 16.5. The molecule has 0 radical (unpaired) electrons. The molecule has 1 aliphatic heterocycles.